The molecule has 0 bridgehead atoms. The molecule has 0 spiro atoms. The molecule has 0 aromatic rings. The molecule has 41 valence electrons. The smallest absolute Gasteiger partial charge is 0.0236 e. The van der Waals surface area contributed by atoms with Crippen LogP contribution in [0, 0.1) is 12.8 Å². The first kappa shape index (κ1) is 6.74. The van der Waals surface area contributed by atoms with E-state index in [9.17, 15) is 0 Å². The van der Waals surface area contributed by atoms with Gasteiger partial charge in [0.25, 0.3) is 0 Å². The summed E-state index contributed by atoms with van der Waals surface area (Å²) in [5.74, 6) is 0.519. The fourth-order valence-electron chi connectivity index (χ4n) is 0.408. The van der Waals surface area contributed by atoms with Crippen molar-refractivity contribution in [1.82, 2.24) is 0 Å². The van der Waals surface area contributed by atoms with Gasteiger partial charge in [-0.3, -0.25) is 0 Å². The Bertz CT molecular complexity index is 53.1. The zero-order chi connectivity index (χ0) is 5.70. The molecule has 0 amide bonds. The lowest BCUT2D eigenvalue weighted by atomic mass is 10.1. The van der Waals surface area contributed by atoms with E-state index in [0.29, 0.717) is 5.92 Å². The molecule has 0 heterocycles. The maximum absolute atomic E-state index is 3.86. The summed E-state index contributed by atoms with van der Waals surface area (Å²) in [5.41, 5.74) is 0. The van der Waals surface area contributed by atoms with Crippen LogP contribution in [0.5, 0.6) is 0 Å². The minimum Gasteiger partial charge on any atom is -0.0914 e. The van der Waals surface area contributed by atoms with E-state index in [1.165, 1.54) is 0 Å². The van der Waals surface area contributed by atoms with Gasteiger partial charge in [-0.15, -0.1) is 0 Å². The second-order valence-electron chi connectivity index (χ2n) is 1.69. The normalized spacial score (nSPS) is 15.3. The molecule has 0 fully saturated rings. The third kappa shape index (κ3) is 3.57. The lowest BCUT2D eigenvalue weighted by Crippen LogP contribution is -1.82. The van der Waals surface area contributed by atoms with Crippen LogP contribution < -0.4 is 0 Å². The van der Waals surface area contributed by atoms with Crippen molar-refractivity contribution in [2.75, 3.05) is 0 Å². The largest absolute Gasteiger partial charge is 0.0914 e. The molecule has 0 aliphatic carbocycles. The van der Waals surface area contributed by atoms with Crippen LogP contribution in [0.1, 0.15) is 20.3 Å². The van der Waals surface area contributed by atoms with Crippen LogP contribution in [0.25, 0.3) is 0 Å². The number of hydrogen-bond acceptors (Lipinski definition) is 0. The molecular weight excluding hydrogens is 84.1 g/mol. The molecule has 0 aliphatic rings. The lowest BCUT2D eigenvalue weighted by molar-refractivity contribution is 0.769. The van der Waals surface area contributed by atoms with E-state index in [2.05, 4.69) is 19.9 Å². The third-order valence-corrected chi connectivity index (χ3v) is 0.989. The molecule has 0 aromatic heterocycles. The Labute approximate surface area is 46.2 Å². The van der Waals surface area contributed by atoms with E-state index in [1.807, 2.05) is 13.0 Å². The molecular formula is C7H13. The highest BCUT2D eigenvalue weighted by Gasteiger charge is 1.86. The number of hydrogen-bond donors (Lipinski definition) is 0. The van der Waals surface area contributed by atoms with E-state index in [4.69, 9.17) is 0 Å². The van der Waals surface area contributed by atoms with E-state index >= 15 is 0 Å². The first-order valence-corrected chi connectivity index (χ1v) is 2.77. The second kappa shape index (κ2) is 3.91. The Morgan fingerprint density at radius 1 is 1.71 bits per heavy atom. The van der Waals surface area contributed by atoms with Crippen molar-refractivity contribution in [3.8, 4) is 0 Å². The highest BCUT2D eigenvalue weighted by Crippen LogP contribution is 1.99. The fraction of sp³-hybridized carbons (Fsp3) is 0.571. The zero-order valence-electron chi connectivity index (χ0n) is 5.15. The van der Waals surface area contributed by atoms with Gasteiger partial charge in [0.15, 0.2) is 0 Å². The van der Waals surface area contributed by atoms with Crippen LogP contribution in [0.15, 0.2) is 12.2 Å². The summed E-state index contributed by atoms with van der Waals surface area (Å²) in [6.07, 6.45) is 5.30. The summed E-state index contributed by atoms with van der Waals surface area (Å²) >= 11 is 0. The Hall–Kier alpha value is -0.260. The van der Waals surface area contributed by atoms with Gasteiger partial charge in [-0.2, -0.15) is 0 Å². The van der Waals surface area contributed by atoms with Gasteiger partial charge in [-0.05, 0) is 26.2 Å². The minimum atomic E-state index is 0.519. The summed E-state index contributed by atoms with van der Waals surface area (Å²) in [6, 6.07) is 0. The first-order chi connectivity index (χ1) is 3.31. The van der Waals surface area contributed by atoms with Crippen molar-refractivity contribution >= 4 is 0 Å². The average molecular weight is 97.2 g/mol. The molecule has 0 N–H and O–H groups in total. The standard InChI is InChI=1S/C7H13/c1-4-6-7(3)5-2/h4,6-7H,3,5H2,1-2H3/b6-4+. The van der Waals surface area contributed by atoms with Crippen molar-refractivity contribution in [1.29, 1.82) is 0 Å². The third-order valence-electron chi connectivity index (χ3n) is 0.989. The maximum atomic E-state index is 3.86. The Morgan fingerprint density at radius 3 is 2.43 bits per heavy atom. The maximum Gasteiger partial charge on any atom is -0.0236 e. The van der Waals surface area contributed by atoms with E-state index in [0.717, 1.165) is 6.42 Å². The molecule has 1 unspecified atom stereocenters. The number of rotatable bonds is 2. The van der Waals surface area contributed by atoms with E-state index in [1.54, 1.807) is 0 Å². The van der Waals surface area contributed by atoms with Crippen molar-refractivity contribution in [2.24, 2.45) is 5.92 Å². The van der Waals surface area contributed by atoms with Gasteiger partial charge in [0.1, 0.15) is 0 Å². The summed E-state index contributed by atoms with van der Waals surface area (Å²) in [7, 11) is 0. The summed E-state index contributed by atoms with van der Waals surface area (Å²) < 4.78 is 0. The molecule has 0 rings (SSSR count). The highest BCUT2D eigenvalue weighted by atomic mass is 13.9. The topological polar surface area (TPSA) is 0 Å². The molecule has 0 nitrogen and oxygen atoms in total. The molecule has 1 atom stereocenters. The minimum absolute atomic E-state index is 0.519. The molecule has 1 radical (unpaired) electrons. The van der Waals surface area contributed by atoms with Crippen LogP contribution in [-0.4, -0.2) is 0 Å². The van der Waals surface area contributed by atoms with Gasteiger partial charge >= 0.3 is 0 Å². The fourth-order valence-corrected chi connectivity index (χ4v) is 0.408. The van der Waals surface area contributed by atoms with Crippen LogP contribution in [-0.2, 0) is 0 Å². The van der Waals surface area contributed by atoms with Crippen LogP contribution in [0.2, 0.25) is 0 Å². The van der Waals surface area contributed by atoms with Crippen LogP contribution in [0.3, 0.4) is 0 Å². The van der Waals surface area contributed by atoms with Crippen molar-refractivity contribution in [3.05, 3.63) is 19.1 Å². The van der Waals surface area contributed by atoms with Gasteiger partial charge in [-0.25, -0.2) is 0 Å². The molecule has 7 heavy (non-hydrogen) atoms. The van der Waals surface area contributed by atoms with Crippen molar-refractivity contribution in [2.45, 2.75) is 20.3 Å². The molecule has 0 saturated heterocycles. The monoisotopic (exact) mass is 97.1 g/mol. The van der Waals surface area contributed by atoms with Gasteiger partial charge in [0.05, 0.1) is 0 Å². The Kier molecular flexibility index (Phi) is 3.77. The molecule has 0 saturated carbocycles. The summed E-state index contributed by atoms with van der Waals surface area (Å²) in [5, 5.41) is 0. The van der Waals surface area contributed by atoms with Crippen LogP contribution >= 0.6 is 0 Å². The summed E-state index contributed by atoms with van der Waals surface area (Å²) in [4.78, 5) is 0. The van der Waals surface area contributed by atoms with E-state index < -0.39 is 0 Å². The SMILES string of the molecule is [CH2]C(/C=C/C)CC. The van der Waals surface area contributed by atoms with Gasteiger partial charge in [0.2, 0.25) is 0 Å². The van der Waals surface area contributed by atoms with Gasteiger partial charge < -0.3 is 0 Å². The van der Waals surface area contributed by atoms with Crippen LogP contribution in [0.4, 0.5) is 0 Å². The Morgan fingerprint density at radius 2 is 2.29 bits per heavy atom. The molecule has 0 aliphatic heterocycles. The number of allylic oxidation sites excluding steroid dienone is 2. The van der Waals surface area contributed by atoms with Crippen molar-refractivity contribution < 1.29 is 0 Å². The quantitative estimate of drug-likeness (QED) is 0.464. The molecule has 0 aromatic carbocycles. The lowest BCUT2D eigenvalue weighted by Gasteiger charge is -1.95. The zero-order valence-corrected chi connectivity index (χ0v) is 5.15. The summed E-state index contributed by atoms with van der Waals surface area (Å²) in [6.45, 7) is 8.02. The first-order valence-electron chi connectivity index (χ1n) is 2.77. The highest BCUT2D eigenvalue weighted by molar-refractivity contribution is 4.85. The van der Waals surface area contributed by atoms with Gasteiger partial charge in [-0.1, -0.05) is 19.1 Å². The average Bonchev–Trinajstić information content (AvgIpc) is 1.68. The van der Waals surface area contributed by atoms with Gasteiger partial charge in [0, 0.05) is 0 Å². The molecule has 0 heteroatoms. The predicted molar refractivity (Wildman–Crippen MR) is 34.0 cm³/mol. The van der Waals surface area contributed by atoms with Crippen molar-refractivity contribution in [3.63, 3.8) is 0 Å². The Balaban J connectivity index is 3.16. The van der Waals surface area contributed by atoms with E-state index in [-0.39, 0.29) is 0 Å². The second-order valence-corrected chi connectivity index (χ2v) is 1.69. The predicted octanol–water partition coefficient (Wildman–Crippen LogP) is 2.42.